The third-order valence-corrected chi connectivity index (χ3v) is 1.33. The van der Waals surface area contributed by atoms with Gasteiger partial charge in [0.05, 0.1) is 0 Å². The molecule has 0 aromatic carbocycles. The zero-order chi connectivity index (χ0) is 7.49. The fourth-order valence-corrected chi connectivity index (χ4v) is 0.571. The highest BCUT2D eigenvalue weighted by Gasteiger charge is 2.18. The number of rotatable bonds is 1. The molecule has 0 aromatic rings. The quantitative estimate of drug-likeness (QED) is 0.536. The molecular weight excluding hydrogens is 155 g/mol. The molecule has 2 nitrogen and oxygen atoms in total. The van der Waals surface area contributed by atoms with Crippen molar-refractivity contribution >= 4 is 10.6 Å². The summed E-state index contributed by atoms with van der Waals surface area (Å²) in [4.78, 5) is 0. The van der Waals surface area contributed by atoms with Crippen molar-refractivity contribution in [2.45, 2.75) is 12.4 Å². The zero-order valence-electron chi connectivity index (χ0n) is 4.60. The first-order valence-corrected chi connectivity index (χ1v) is 3.25. The predicted octanol–water partition coefficient (Wildman–Crippen LogP) is 1.67. The van der Waals surface area contributed by atoms with Gasteiger partial charge in [-0.1, -0.05) is 10.6 Å². The van der Waals surface area contributed by atoms with Gasteiger partial charge in [-0.25, -0.2) is 0 Å². The van der Waals surface area contributed by atoms with Gasteiger partial charge in [-0.3, -0.25) is 0 Å². The molecule has 0 fully saturated rings. The van der Waals surface area contributed by atoms with Gasteiger partial charge < -0.3 is 8.57 Å². The van der Waals surface area contributed by atoms with Gasteiger partial charge in [-0.15, -0.1) is 0 Å². The third-order valence-electron chi connectivity index (χ3n) is 0.444. The van der Waals surface area contributed by atoms with E-state index in [0.717, 1.165) is 0 Å². The van der Waals surface area contributed by atoms with Crippen molar-refractivity contribution in [1.82, 2.24) is 0 Å². The fourth-order valence-electron chi connectivity index (χ4n) is 0.190. The summed E-state index contributed by atoms with van der Waals surface area (Å²) in [6, 6.07) is 0. The van der Waals surface area contributed by atoms with Crippen LogP contribution in [0.2, 0.25) is 0 Å². The van der Waals surface area contributed by atoms with Gasteiger partial charge in [0.25, 0.3) is 0 Å². The molecule has 0 rings (SSSR count). The average Bonchev–Trinajstić information content (AvgIpc) is 1.64. The Labute approximate surface area is 52.3 Å². The van der Waals surface area contributed by atoms with E-state index in [-0.39, 0.29) is 6.54 Å². The summed E-state index contributed by atoms with van der Waals surface area (Å²) in [6.07, 6.45) is 0. The molecule has 0 heterocycles. The Morgan fingerprint density at radius 1 is 1.56 bits per heavy atom. The van der Waals surface area contributed by atoms with Crippen LogP contribution in [0.15, 0.2) is 4.36 Å². The van der Waals surface area contributed by atoms with Gasteiger partial charge in [0.2, 0.25) is 0 Å². The lowest BCUT2D eigenvalue weighted by Crippen LogP contribution is -2.07. The lowest BCUT2D eigenvalue weighted by atomic mass is 10.8. The Morgan fingerprint density at radius 2 is 2.00 bits per heavy atom. The molecular formula is C3H5F3NOS-. The number of halogens is 3. The summed E-state index contributed by atoms with van der Waals surface area (Å²) in [5.74, 6) is 0. The molecule has 0 saturated heterocycles. The van der Waals surface area contributed by atoms with Gasteiger partial charge in [0.1, 0.15) is 0 Å². The van der Waals surface area contributed by atoms with Gasteiger partial charge >= 0.3 is 5.51 Å². The topological polar surface area (TPSA) is 29.4 Å². The Hall–Kier alpha value is -0.260. The molecule has 0 atom stereocenters. The maximum Gasteiger partial charge on any atom is 0.357 e. The maximum atomic E-state index is 11.2. The van der Waals surface area contributed by atoms with Crippen molar-refractivity contribution < 1.29 is 17.4 Å². The van der Waals surface area contributed by atoms with Crippen LogP contribution in [-0.2, 0) is 14.8 Å². The fraction of sp³-hybridized carbons (Fsp3) is 1.00. The van der Waals surface area contributed by atoms with Crippen LogP contribution in [0.1, 0.15) is 6.92 Å². The van der Waals surface area contributed by atoms with E-state index in [1.165, 1.54) is 6.92 Å². The monoisotopic (exact) mass is 160 g/mol. The second kappa shape index (κ2) is 3.05. The molecule has 0 bridgehead atoms. The van der Waals surface area contributed by atoms with E-state index >= 15 is 0 Å². The van der Waals surface area contributed by atoms with Crippen LogP contribution >= 0.6 is 0 Å². The van der Waals surface area contributed by atoms with Gasteiger partial charge in [-0.2, -0.15) is 13.2 Å². The first-order valence-electron chi connectivity index (χ1n) is 2.14. The van der Waals surface area contributed by atoms with E-state index < -0.39 is 16.1 Å². The Kier molecular flexibility index (Phi) is 2.96. The third kappa shape index (κ3) is 3.34. The lowest BCUT2D eigenvalue weighted by Gasteiger charge is -2.07. The molecule has 9 heavy (non-hydrogen) atoms. The second-order valence-electron chi connectivity index (χ2n) is 1.14. The van der Waals surface area contributed by atoms with Crippen molar-refractivity contribution in [2.75, 3.05) is 6.54 Å². The average molecular weight is 160 g/mol. The standard InChI is InChI=1S/C3H5F3NOS/c1-2-7-9(8)3(4,5)6/h2H2,1H3/q-1. The highest BCUT2D eigenvalue weighted by Crippen LogP contribution is 2.16. The molecule has 0 spiro atoms. The van der Waals surface area contributed by atoms with Crippen molar-refractivity contribution in [3.05, 3.63) is 0 Å². The summed E-state index contributed by atoms with van der Waals surface area (Å²) in [5, 5.41) is 0. The second-order valence-corrected chi connectivity index (χ2v) is 2.36. The molecule has 0 N–H and O–H groups in total. The molecule has 0 amide bonds. The first-order chi connectivity index (χ1) is 3.98. The molecule has 0 radical (unpaired) electrons. The van der Waals surface area contributed by atoms with Crippen molar-refractivity contribution in [2.24, 2.45) is 4.36 Å². The van der Waals surface area contributed by atoms with Crippen molar-refractivity contribution in [1.29, 1.82) is 0 Å². The van der Waals surface area contributed by atoms with Crippen LogP contribution in [0.5, 0.6) is 0 Å². The molecule has 0 saturated carbocycles. The summed E-state index contributed by atoms with van der Waals surface area (Å²) in [5.41, 5.74) is -4.68. The highest BCUT2D eigenvalue weighted by atomic mass is 32.2. The Balaban J connectivity index is 4.22. The van der Waals surface area contributed by atoms with Crippen LogP contribution in [0, 0.1) is 0 Å². The molecule has 56 valence electrons. The molecule has 0 aliphatic heterocycles. The van der Waals surface area contributed by atoms with Crippen LogP contribution in [0.4, 0.5) is 13.2 Å². The van der Waals surface area contributed by atoms with E-state index in [2.05, 4.69) is 4.36 Å². The van der Waals surface area contributed by atoms with Gasteiger partial charge in [0, 0.05) is 6.54 Å². The molecule has 0 unspecified atom stereocenters. The number of hydrogen-bond donors (Lipinski definition) is 0. The summed E-state index contributed by atoms with van der Waals surface area (Å²) in [7, 11) is -3.01. The number of hydrogen-bond acceptors (Lipinski definition) is 3. The molecule has 0 aliphatic rings. The largest absolute Gasteiger partial charge is 0.437 e. The Bertz CT molecular complexity index is 157. The SMILES string of the molecule is CCN=[S-](=O)C(F)(F)F. The lowest BCUT2D eigenvalue weighted by molar-refractivity contribution is -0.0376. The van der Waals surface area contributed by atoms with Crippen molar-refractivity contribution in [3.8, 4) is 0 Å². The van der Waals surface area contributed by atoms with E-state index in [1.54, 1.807) is 0 Å². The smallest absolute Gasteiger partial charge is 0.357 e. The van der Waals surface area contributed by atoms with Gasteiger partial charge in [0.15, 0.2) is 0 Å². The minimum atomic E-state index is -4.68. The predicted molar refractivity (Wildman–Crippen MR) is 27.1 cm³/mol. The minimum Gasteiger partial charge on any atom is -0.437 e. The van der Waals surface area contributed by atoms with Crippen molar-refractivity contribution in [3.63, 3.8) is 0 Å². The summed E-state index contributed by atoms with van der Waals surface area (Å²) >= 11 is 0. The highest BCUT2D eigenvalue weighted by molar-refractivity contribution is 7.75. The van der Waals surface area contributed by atoms with E-state index in [4.69, 9.17) is 0 Å². The minimum absolute atomic E-state index is 0.0773. The molecule has 0 aromatic heterocycles. The molecule has 0 aliphatic carbocycles. The first kappa shape index (κ1) is 8.74. The van der Waals surface area contributed by atoms with Crippen LogP contribution < -0.4 is 0 Å². The Morgan fingerprint density at radius 3 is 2.11 bits per heavy atom. The van der Waals surface area contributed by atoms with Crippen LogP contribution in [0.25, 0.3) is 0 Å². The molecule has 6 heteroatoms. The normalized spacial score (nSPS) is 16.0. The number of nitrogens with zero attached hydrogens (tertiary/aromatic N) is 1. The summed E-state index contributed by atoms with van der Waals surface area (Å²) < 4.78 is 46.4. The summed E-state index contributed by atoms with van der Waals surface area (Å²) in [6.45, 7) is 1.32. The number of alkyl halides is 3. The van der Waals surface area contributed by atoms with Gasteiger partial charge in [-0.05, 0) is 6.92 Å². The zero-order valence-corrected chi connectivity index (χ0v) is 5.42. The van der Waals surface area contributed by atoms with Crippen LogP contribution in [0.3, 0.4) is 0 Å². The van der Waals surface area contributed by atoms with Crippen LogP contribution in [-0.4, -0.2) is 12.1 Å². The van der Waals surface area contributed by atoms with E-state index in [1.807, 2.05) is 0 Å². The van der Waals surface area contributed by atoms with E-state index in [0.29, 0.717) is 0 Å². The van der Waals surface area contributed by atoms with E-state index in [9.17, 15) is 17.4 Å². The maximum absolute atomic E-state index is 11.2.